The van der Waals surface area contributed by atoms with Crippen molar-refractivity contribution in [3.05, 3.63) is 219 Å². The van der Waals surface area contributed by atoms with Crippen LogP contribution in [0, 0.1) is 0 Å². The van der Waals surface area contributed by atoms with Gasteiger partial charge in [0.15, 0.2) is 0 Å². The molecule has 0 amide bonds. The van der Waals surface area contributed by atoms with Crippen LogP contribution < -0.4 is 0 Å². The molecule has 0 unspecified atom stereocenters. The lowest BCUT2D eigenvalue weighted by Gasteiger charge is -2.13. The molecule has 0 fully saturated rings. The van der Waals surface area contributed by atoms with Crippen molar-refractivity contribution in [3.8, 4) is 50.7 Å². The van der Waals surface area contributed by atoms with Gasteiger partial charge >= 0.3 is 0 Å². The Balaban J connectivity index is 1.15. The van der Waals surface area contributed by atoms with E-state index in [1.165, 1.54) is 43.5 Å². The summed E-state index contributed by atoms with van der Waals surface area (Å²) in [5.41, 5.74) is 15.6. The van der Waals surface area contributed by atoms with Gasteiger partial charge in [0.05, 0.1) is 39.0 Å². The van der Waals surface area contributed by atoms with Gasteiger partial charge in [0.1, 0.15) is 0 Å². The number of rotatable bonds is 6. The number of hydrogen-bond donors (Lipinski definition) is 0. The van der Waals surface area contributed by atoms with E-state index in [1.54, 1.807) is 0 Å². The Hall–Kier alpha value is -7.95. The molecule has 0 spiro atoms. The van der Waals surface area contributed by atoms with Crippen LogP contribution in [0.1, 0.15) is 0 Å². The van der Waals surface area contributed by atoms with Gasteiger partial charge in [-0.3, -0.25) is 0 Å². The van der Waals surface area contributed by atoms with Crippen molar-refractivity contribution < 1.29 is 0 Å². The molecule has 0 saturated carbocycles. The average molecular weight is 753 g/mol. The number of benzene rings is 8. The van der Waals surface area contributed by atoms with Crippen LogP contribution in [0.4, 0.5) is 0 Å². The first-order chi connectivity index (χ1) is 29.3. The first-order valence-electron chi connectivity index (χ1n) is 20.1. The molecular weight excluding hydrogens is 717 g/mol. The van der Waals surface area contributed by atoms with Gasteiger partial charge in [0.25, 0.3) is 0 Å². The molecular formula is C55H36N4. The minimum absolute atomic E-state index is 0.932. The largest absolute Gasteiger partial charge is 0.316 e. The monoisotopic (exact) mass is 752 g/mol. The molecule has 0 bridgehead atoms. The molecule has 8 aromatic carbocycles. The van der Waals surface area contributed by atoms with Crippen LogP contribution in [0.5, 0.6) is 0 Å². The quantitative estimate of drug-likeness (QED) is 0.166. The second-order valence-electron chi connectivity index (χ2n) is 15.2. The highest BCUT2D eigenvalue weighted by Crippen LogP contribution is 2.43. The Kier molecular flexibility index (Phi) is 7.50. The van der Waals surface area contributed by atoms with Gasteiger partial charge < -0.3 is 13.7 Å². The van der Waals surface area contributed by atoms with Gasteiger partial charge in [0, 0.05) is 61.3 Å². The van der Waals surface area contributed by atoms with E-state index in [0.717, 1.165) is 61.7 Å². The Labute approximate surface area is 341 Å². The fourth-order valence-corrected chi connectivity index (χ4v) is 9.16. The zero-order chi connectivity index (χ0) is 38.9. The van der Waals surface area contributed by atoms with Crippen molar-refractivity contribution in [1.29, 1.82) is 0 Å². The minimum Gasteiger partial charge on any atom is -0.316 e. The lowest BCUT2D eigenvalue weighted by atomic mass is 10.00. The van der Waals surface area contributed by atoms with E-state index in [9.17, 15) is 0 Å². The Morgan fingerprint density at radius 1 is 0.288 bits per heavy atom. The maximum Gasteiger partial charge on any atom is 0.0716 e. The highest BCUT2D eigenvalue weighted by molar-refractivity contribution is 6.23. The molecule has 0 atom stereocenters. The van der Waals surface area contributed by atoms with Crippen LogP contribution in [0.15, 0.2) is 219 Å². The van der Waals surface area contributed by atoms with Gasteiger partial charge in [-0.25, -0.2) is 4.98 Å². The molecule has 4 nitrogen and oxygen atoms in total. The fourth-order valence-electron chi connectivity index (χ4n) is 9.16. The summed E-state index contributed by atoms with van der Waals surface area (Å²) in [5, 5.41) is 6.08. The molecule has 12 aromatic rings. The molecule has 0 aliphatic carbocycles. The van der Waals surface area contributed by atoms with E-state index in [0.29, 0.717) is 0 Å². The van der Waals surface area contributed by atoms with E-state index in [-0.39, 0.29) is 0 Å². The lowest BCUT2D eigenvalue weighted by molar-refractivity contribution is 1.13. The summed E-state index contributed by atoms with van der Waals surface area (Å²) < 4.78 is 7.19. The number of para-hydroxylation sites is 3. The van der Waals surface area contributed by atoms with Crippen LogP contribution in [-0.4, -0.2) is 18.7 Å². The Morgan fingerprint density at radius 2 is 0.864 bits per heavy atom. The highest BCUT2D eigenvalue weighted by atomic mass is 15.0. The smallest absolute Gasteiger partial charge is 0.0716 e. The third-order valence-electron chi connectivity index (χ3n) is 11.8. The van der Waals surface area contributed by atoms with Crippen molar-refractivity contribution in [3.63, 3.8) is 0 Å². The van der Waals surface area contributed by atoms with E-state index in [2.05, 4.69) is 232 Å². The van der Waals surface area contributed by atoms with Gasteiger partial charge in [-0.1, -0.05) is 133 Å². The highest BCUT2D eigenvalue weighted by Gasteiger charge is 2.21. The third-order valence-corrected chi connectivity index (χ3v) is 11.8. The summed E-state index contributed by atoms with van der Waals surface area (Å²) >= 11 is 0. The fraction of sp³-hybridized carbons (Fsp3) is 0. The first kappa shape index (κ1) is 33.2. The van der Waals surface area contributed by atoms with E-state index in [4.69, 9.17) is 4.98 Å². The average Bonchev–Trinajstić information content (AvgIpc) is 3.99. The van der Waals surface area contributed by atoms with Crippen molar-refractivity contribution in [1.82, 2.24) is 18.7 Å². The number of nitrogens with zero attached hydrogens (tertiary/aromatic N) is 4. The molecule has 12 rings (SSSR count). The lowest BCUT2D eigenvalue weighted by Crippen LogP contribution is -1.97. The van der Waals surface area contributed by atoms with Gasteiger partial charge in [0.2, 0.25) is 0 Å². The number of hydrogen-bond acceptors (Lipinski definition) is 1. The predicted octanol–water partition coefficient (Wildman–Crippen LogP) is 14.2. The zero-order valence-corrected chi connectivity index (χ0v) is 32.1. The molecule has 0 radical (unpaired) electrons. The summed E-state index contributed by atoms with van der Waals surface area (Å²) in [5.74, 6) is 0. The normalized spacial score (nSPS) is 11.7. The van der Waals surface area contributed by atoms with Crippen LogP contribution in [0.25, 0.3) is 105 Å². The molecule has 4 heteroatoms. The first-order valence-corrected chi connectivity index (χ1v) is 20.1. The SMILES string of the molecule is c1ccc(-c2cc(-c3ccccc3)nc(-c3cccc(-n4c5cc6c7ccccc7n(-c7ccccc7)c6cc5c5ccc6c(ccn6-c6ccccc6)c54)c3)c2)cc1. The second kappa shape index (κ2) is 13.3. The number of pyridine rings is 1. The summed E-state index contributed by atoms with van der Waals surface area (Å²) in [6.07, 6.45) is 2.20. The molecule has 0 N–H and O–H groups in total. The molecule has 276 valence electrons. The van der Waals surface area contributed by atoms with E-state index >= 15 is 0 Å². The Morgan fingerprint density at radius 3 is 1.61 bits per heavy atom. The Bertz CT molecular complexity index is 3460. The number of fused-ring (bicyclic) bond motifs is 8. The minimum atomic E-state index is 0.932. The van der Waals surface area contributed by atoms with Gasteiger partial charge in [-0.05, 0) is 90.0 Å². The van der Waals surface area contributed by atoms with Crippen molar-refractivity contribution >= 4 is 54.5 Å². The molecule has 4 aromatic heterocycles. The summed E-state index contributed by atoms with van der Waals surface area (Å²) in [4.78, 5) is 5.32. The van der Waals surface area contributed by atoms with Crippen LogP contribution in [0.2, 0.25) is 0 Å². The molecule has 0 aliphatic rings. The summed E-state index contributed by atoms with van der Waals surface area (Å²) in [6, 6.07) is 76.3. The van der Waals surface area contributed by atoms with Crippen LogP contribution in [0.3, 0.4) is 0 Å². The predicted molar refractivity (Wildman–Crippen MR) is 246 cm³/mol. The van der Waals surface area contributed by atoms with Crippen molar-refractivity contribution in [2.24, 2.45) is 0 Å². The van der Waals surface area contributed by atoms with Crippen molar-refractivity contribution in [2.45, 2.75) is 0 Å². The molecule has 4 heterocycles. The zero-order valence-electron chi connectivity index (χ0n) is 32.1. The topological polar surface area (TPSA) is 27.7 Å². The maximum atomic E-state index is 5.32. The van der Waals surface area contributed by atoms with Crippen molar-refractivity contribution in [2.75, 3.05) is 0 Å². The molecule has 0 aliphatic heterocycles. The number of aromatic nitrogens is 4. The summed E-state index contributed by atoms with van der Waals surface area (Å²) in [6.45, 7) is 0. The standard InChI is InChI=1S/C55H36N4/c1-5-16-37(17-6-1)40-33-49(38-18-7-2-8-19-38)56-50(34-40)39-20-15-25-43(32-39)59-54-35-47-44-26-13-14-27-52(44)58(42-23-11-4-12-24-42)53(47)36-48(54)45-28-29-51-46(55(45)59)30-31-57(51)41-21-9-3-10-22-41/h1-36H. The van der Waals surface area contributed by atoms with Crippen LogP contribution in [-0.2, 0) is 0 Å². The van der Waals surface area contributed by atoms with E-state index in [1.807, 2.05) is 0 Å². The van der Waals surface area contributed by atoms with E-state index < -0.39 is 0 Å². The molecule has 0 saturated heterocycles. The molecule has 59 heavy (non-hydrogen) atoms. The van der Waals surface area contributed by atoms with Gasteiger partial charge in [-0.2, -0.15) is 0 Å². The second-order valence-corrected chi connectivity index (χ2v) is 15.2. The summed E-state index contributed by atoms with van der Waals surface area (Å²) in [7, 11) is 0. The maximum absolute atomic E-state index is 5.32. The van der Waals surface area contributed by atoms with Crippen LogP contribution >= 0.6 is 0 Å². The van der Waals surface area contributed by atoms with Gasteiger partial charge in [-0.15, -0.1) is 0 Å². The third kappa shape index (κ3) is 5.34.